The van der Waals surface area contributed by atoms with Crippen LogP contribution in [-0.4, -0.2) is 19.4 Å². The lowest BCUT2D eigenvalue weighted by molar-refractivity contribution is -0.385. The van der Waals surface area contributed by atoms with Gasteiger partial charge in [-0.2, -0.15) is 0 Å². The first-order valence-corrected chi connectivity index (χ1v) is 10.7. The zero-order valence-electron chi connectivity index (χ0n) is 16.0. The van der Waals surface area contributed by atoms with Gasteiger partial charge in [0, 0.05) is 17.7 Å². The molecule has 3 aromatic rings. The number of nitrogens with one attached hydrogen (secondary N) is 1. The zero-order valence-corrected chi connectivity index (χ0v) is 16.8. The van der Waals surface area contributed by atoms with Gasteiger partial charge >= 0.3 is 0 Å². The lowest BCUT2D eigenvalue weighted by Gasteiger charge is -2.19. The largest absolute Gasteiger partial charge is 0.273 e. The number of benzene rings is 3. The van der Waals surface area contributed by atoms with E-state index >= 15 is 0 Å². The van der Waals surface area contributed by atoms with Crippen LogP contribution in [0.1, 0.15) is 16.7 Å². The molecule has 0 aliphatic carbocycles. The maximum Gasteiger partial charge on any atom is 0.273 e. The molecule has 0 unspecified atom stereocenters. The fourth-order valence-corrected chi connectivity index (χ4v) is 4.45. The topological polar surface area (TPSA) is 89.3 Å². The summed E-state index contributed by atoms with van der Waals surface area (Å²) in [5.74, 6) is 0. The normalized spacial score (nSPS) is 11.5. The Morgan fingerprint density at radius 3 is 1.90 bits per heavy atom. The molecule has 0 spiro atoms. The molecule has 0 aliphatic rings. The van der Waals surface area contributed by atoms with Gasteiger partial charge in [0.2, 0.25) is 10.0 Å². The van der Waals surface area contributed by atoms with E-state index in [0.717, 1.165) is 17.2 Å². The Hall–Kier alpha value is -3.03. The highest BCUT2D eigenvalue weighted by Crippen LogP contribution is 2.23. The molecule has 0 fully saturated rings. The standard InChI is InChI=1S/C22H22N2O4S/c1-17-12-13-21(16-22(17)24(25)26)29(27,28)23-20(14-18-8-4-2-5-9-18)15-19-10-6-3-7-11-19/h2-13,16,20,23H,14-15H2,1H3. The number of sulfonamides is 1. The van der Waals surface area contributed by atoms with Crippen molar-refractivity contribution in [2.24, 2.45) is 0 Å². The van der Waals surface area contributed by atoms with E-state index in [-0.39, 0.29) is 10.6 Å². The van der Waals surface area contributed by atoms with Gasteiger partial charge in [-0.05, 0) is 37.0 Å². The van der Waals surface area contributed by atoms with Crippen molar-refractivity contribution in [2.75, 3.05) is 0 Å². The Kier molecular flexibility index (Phi) is 6.41. The van der Waals surface area contributed by atoms with E-state index in [9.17, 15) is 18.5 Å². The number of hydrogen-bond acceptors (Lipinski definition) is 4. The number of nitrogens with zero attached hydrogens (tertiary/aromatic N) is 1. The van der Waals surface area contributed by atoms with Gasteiger partial charge in [-0.15, -0.1) is 0 Å². The monoisotopic (exact) mass is 410 g/mol. The van der Waals surface area contributed by atoms with Crippen LogP contribution in [0.2, 0.25) is 0 Å². The number of nitro benzene ring substituents is 1. The SMILES string of the molecule is Cc1ccc(S(=O)(=O)NC(Cc2ccccc2)Cc2ccccc2)cc1[N+](=O)[O-]. The lowest BCUT2D eigenvalue weighted by Crippen LogP contribution is -2.38. The van der Waals surface area contributed by atoms with Gasteiger partial charge in [0.25, 0.3) is 5.69 Å². The van der Waals surface area contributed by atoms with Crippen LogP contribution in [0.3, 0.4) is 0 Å². The molecule has 3 aromatic carbocycles. The zero-order chi connectivity index (χ0) is 20.9. The fourth-order valence-electron chi connectivity index (χ4n) is 3.19. The van der Waals surface area contributed by atoms with E-state index in [4.69, 9.17) is 0 Å². The Bertz CT molecular complexity index is 1040. The van der Waals surface area contributed by atoms with Crippen LogP contribution in [0.15, 0.2) is 83.8 Å². The number of aryl methyl sites for hydroxylation is 1. The molecule has 1 N–H and O–H groups in total. The predicted octanol–water partition coefficient (Wildman–Crippen LogP) is 4.04. The molecule has 0 saturated carbocycles. The fraction of sp³-hybridized carbons (Fsp3) is 0.182. The van der Waals surface area contributed by atoms with Crippen LogP contribution in [-0.2, 0) is 22.9 Å². The minimum Gasteiger partial charge on any atom is -0.258 e. The van der Waals surface area contributed by atoms with Gasteiger partial charge < -0.3 is 0 Å². The van der Waals surface area contributed by atoms with Gasteiger partial charge in [0.1, 0.15) is 0 Å². The molecule has 0 bridgehead atoms. The molecule has 0 saturated heterocycles. The summed E-state index contributed by atoms with van der Waals surface area (Å²) in [4.78, 5) is 10.5. The summed E-state index contributed by atoms with van der Waals surface area (Å²) in [7, 11) is -3.93. The highest BCUT2D eigenvalue weighted by molar-refractivity contribution is 7.89. The smallest absolute Gasteiger partial charge is 0.258 e. The molecule has 0 heterocycles. The Labute approximate surface area is 170 Å². The first-order valence-electron chi connectivity index (χ1n) is 9.20. The first kappa shape index (κ1) is 20.7. The van der Waals surface area contributed by atoms with Crippen molar-refractivity contribution in [1.29, 1.82) is 0 Å². The van der Waals surface area contributed by atoms with Crippen LogP contribution >= 0.6 is 0 Å². The van der Waals surface area contributed by atoms with Crippen LogP contribution in [0, 0.1) is 17.0 Å². The minimum atomic E-state index is -3.93. The van der Waals surface area contributed by atoms with Gasteiger partial charge in [-0.1, -0.05) is 66.7 Å². The molecular weight excluding hydrogens is 388 g/mol. The summed E-state index contributed by atoms with van der Waals surface area (Å²) < 4.78 is 28.7. The predicted molar refractivity (Wildman–Crippen MR) is 112 cm³/mol. The van der Waals surface area contributed by atoms with Gasteiger partial charge in [0.05, 0.1) is 9.82 Å². The van der Waals surface area contributed by atoms with Crippen molar-refractivity contribution >= 4 is 15.7 Å². The van der Waals surface area contributed by atoms with E-state index in [2.05, 4.69) is 4.72 Å². The average molecular weight is 410 g/mol. The van der Waals surface area contributed by atoms with Gasteiger partial charge in [-0.25, -0.2) is 13.1 Å². The molecule has 0 radical (unpaired) electrons. The third-order valence-corrected chi connectivity index (χ3v) is 6.18. The molecule has 3 rings (SSSR count). The number of rotatable bonds is 8. The van der Waals surface area contributed by atoms with Gasteiger partial charge in [0.15, 0.2) is 0 Å². The summed E-state index contributed by atoms with van der Waals surface area (Å²) >= 11 is 0. The molecule has 6 nitrogen and oxygen atoms in total. The Balaban J connectivity index is 1.89. The second kappa shape index (κ2) is 8.98. The maximum absolute atomic E-state index is 13.0. The summed E-state index contributed by atoms with van der Waals surface area (Å²) in [5.41, 5.74) is 2.21. The molecule has 29 heavy (non-hydrogen) atoms. The first-order chi connectivity index (χ1) is 13.8. The van der Waals surface area contributed by atoms with Crippen LogP contribution < -0.4 is 4.72 Å². The molecule has 0 atom stereocenters. The highest BCUT2D eigenvalue weighted by Gasteiger charge is 2.23. The summed E-state index contributed by atoms with van der Waals surface area (Å²) in [6.07, 6.45) is 1.01. The van der Waals surface area contributed by atoms with Gasteiger partial charge in [-0.3, -0.25) is 10.1 Å². The molecule has 0 aliphatic heterocycles. The lowest BCUT2D eigenvalue weighted by atomic mass is 10.00. The van der Waals surface area contributed by atoms with E-state index in [0.29, 0.717) is 18.4 Å². The highest BCUT2D eigenvalue weighted by atomic mass is 32.2. The molecule has 150 valence electrons. The molecule has 0 aromatic heterocycles. The van der Waals surface area contributed by atoms with E-state index in [1.54, 1.807) is 6.92 Å². The van der Waals surface area contributed by atoms with Crippen molar-refractivity contribution in [3.63, 3.8) is 0 Å². The molecule has 7 heteroatoms. The minimum absolute atomic E-state index is 0.110. The maximum atomic E-state index is 13.0. The molecule has 0 amide bonds. The quantitative estimate of drug-likeness (QED) is 0.448. The molecular formula is C22H22N2O4S. The summed E-state index contributed by atoms with van der Waals surface area (Å²) in [5, 5.41) is 11.2. The second-order valence-corrected chi connectivity index (χ2v) is 8.62. The summed E-state index contributed by atoms with van der Waals surface area (Å²) in [6.45, 7) is 1.58. The van der Waals surface area contributed by atoms with Crippen LogP contribution in [0.5, 0.6) is 0 Å². The number of nitro groups is 1. The van der Waals surface area contributed by atoms with Crippen molar-refractivity contribution in [3.05, 3.63) is 106 Å². The van der Waals surface area contributed by atoms with E-state index in [1.165, 1.54) is 12.1 Å². The third-order valence-electron chi connectivity index (χ3n) is 4.66. The Morgan fingerprint density at radius 1 is 0.897 bits per heavy atom. The van der Waals surface area contributed by atoms with Crippen molar-refractivity contribution in [3.8, 4) is 0 Å². The van der Waals surface area contributed by atoms with Crippen molar-refractivity contribution in [1.82, 2.24) is 4.72 Å². The third kappa shape index (κ3) is 5.49. The number of hydrogen-bond donors (Lipinski definition) is 1. The average Bonchev–Trinajstić information content (AvgIpc) is 2.69. The summed E-state index contributed by atoms with van der Waals surface area (Å²) in [6, 6.07) is 22.8. The van der Waals surface area contributed by atoms with Crippen LogP contribution in [0.25, 0.3) is 0 Å². The van der Waals surface area contributed by atoms with Crippen LogP contribution in [0.4, 0.5) is 5.69 Å². The van der Waals surface area contributed by atoms with E-state index in [1.807, 2.05) is 60.7 Å². The Morgan fingerprint density at radius 2 is 1.41 bits per heavy atom. The van der Waals surface area contributed by atoms with E-state index < -0.39 is 21.0 Å². The van der Waals surface area contributed by atoms with Crippen molar-refractivity contribution < 1.29 is 13.3 Å². The second-order valence-electron chi connectivity index (χ2n) is 6.90. The van der Waals surface area contributed by atoms with Crippen molar-refractivity contribution in [2.45, 2.75) is 30.7 Å².